The van der Waals surface area contributed by atoms with Gasteiger partial charge in [0.25, 0.3) is 0 Å². The van der Waals surface area contributed by atoms with Crippen LogP contribution in [0.4, 0.5) is 0 Å². The van der Waals surface area contributed by atoms with E-state index in [-0.39, 0.29) is 1470 Å². The summed E-state index contributed by atoms with van der Waals surface area (Å²) in [5.41, 5.74) is 0. The quantitative estimate of drug-likeness (QED) is 0.204. The van der Waals surface area contributed by atoms with Crippen molar-refractivity contribution < 1.29 is 1470 Å². The third-order valence-electron chi connectivity index (χ3n) is 0. The Kier molecular flexibility index (Phi) is 11800. The second-order valence-corrected chi connectivity index (χ2v) is 0. The third-order valence-corrected chi connectivity index (χ3v) is 0. The van der Waals surface area contributed by atoms with Gasteiger partial charge in [0.15, 0.2) is 0 Å². The minimum atomic E-state index is 0. The molecule has 0 aliphatic carbocycles. The molecule has 0 saturated heterocycles. The van der Waals surface area contributed by atoms with Crippen LogP contribution in [0.3, 0.4) is 0 Å². The molecular weight excluding hydrogens is 3220 g/mol. The van der Waals surface area contributed by atoms with Gasteiger partial charge in [-0.3, -0.25) is 0 Å². The summed E-state index contributed by atoms with van der Waals surface area (Å²) in [5, 5.41) is 0. The van der Waals surface area contributed by atoms with E-state index in [9.17, 15) is 0 Å². The fourth-order valence-electron chi connectivity index (χ4n) is 0. The van der Waals surface area contributed by atoms with E-state index in [0.29, 0.717) is 0 Å². The second-order valence-electron chi connectivity index (χ2n) is 0. The van der Waals surface area contributed by atoms with Crippen LogP contribution in [0.2, 0.25) is 0 Å². The van der Waals surface area contributed by atoms with Crippen molar-refractivity contribution in [3.63, 3.8) is 0 Å². The molecule has 0 spiro atoms. The summed E-state index contributed by atoms with van der Waals surface area (Å²) in [5.74, 6) is 0. The fourth-order valence-corrected chi connectivity index (χ4v) is 0. The Morgan fingerprint density at radius 3 is 0.0833 bits per heavy atom. The van der Waals surface area contributed by atoms with E-state index < -0.39 is 0 Å². The molecule has 0 fully saturated rings. The Balaban J connectivity index is 0. The number of hydrogen-bond donors (Lipinski definition) is 0. The minimum Gasteiger partial charge on any atom is -2.00 e. The van der Waals surface area contributed by atoms with E-state index in [0.717, 1.165) is 0 Å². The summed E-state index contributed by atoms with van der Waals surface area (Å²) in [7, 11) is 0. The van der Waals surface area contributed by atoms with Gasteiger partial charge in [-0.25, -0.2) is 0 Å². The van der Waals surface area contributed by atoms with Crippen LogP contribution in [0, 0.1) is 0 Å². The SMILES string of the molecule is [Cl-].[Cl-].[Cl-].[Cl-].[Cl-].[Cl-].[Cs+].[Cs+].[Cs+].[Cs+].[Cs+].[Cs+].[Cs+].[Cs+].[Cs+].[Cs+].[Cs+].[Cs+].[Na+].[Na+].[Na+].[O-2].[O-2].[O-2].[O-2].[O-2].[O-2].[O-2].[O-2].[O-2].[O-2].[O-2].[O-2].[O-2].[O-2].[O-2].[O-2].[O-2].[O-2].[O-2].[O-2].[O-2].[O-2].[O-2].[O-2].[O-2].[O-2].[O-2].[O-2].[O-2].[O-2].[O-2].[O-2].[O-2].[O-2].[O-2].[O-2].[V+4].[V+4].[V+4].[V+4].[V+4].[V+4].[V+4].[V+4].[V+4].[V+4].[V+4].[V+4].[V].[V].[V]. The van der Waals surface area contributed by atoms with Crippen LogP contribution in [-0.4, -0.2) is 0 Å². The van der Waals surface area contributed by atoms with Crippen LogP contribution >= 0.6 is 0 Å². The van der Waals surface area contributed by atoms with Gasteiger partial charge in [-0.05, 0) is 0 Å². The summed E-state index contributed by atoms with van der Waals surface area (Å²) in [6.07, 6.45) is 0. The molecule has 0 atom stereocenters. The maximum absolute atomic E-state index is 0. The first-order valence-corrected chi connectivity index (χ1v) is 0. The van der Waals surface area contributed by atoms with Gasteiger partial charge in [-0.2, -0.15) is 0 Å². The Labute approximate surface area is 1410 Å². The molecule has 0 aromatic carbocycles. The Morgan fingerprint density at radius 1 is 0.0833 bits per heavy atom. The van der Waals surface area contributed by atoms with Crippen molar-refractivity contribution in [2.24, 2.45) is 0 Å². The van der Waals surface area contributed by atoms with Gasteiger partial charge in [0.05, 0.1) is 0 Å². The molecular formula is Cl6Cs12Na3O36V15-15. The first-order valence-electron chi connectivity index (χ1n) is 0. The second kappa shape index (κ2) is 911. The molecule has 0 aliphatic heterocycles. The van der Waals surface area contributed by atoms with Crippen LogP contribution in [0.25, 0.3) is 0 Å². The van der Waals surface area contributed by atoms with E-state index in [4.69, 9.17) is 0 Å². The van der Waals surface area contributed by atoms with Gasteiger partial charge in [-0.1, -0.05) is 0 Å². The van der Waals surface area contributed by atoms with Crippen molar-refractivity contribution in [2.75, 3.05) is 0 Å². The van der Waals surface area contributed by atoms with E-state index >= 15 is 0 Å². The Morgan fingerprint density at radius 2 is 0.0833 bits per heavy atom. The van der Waals surface area contributed by atoms with Gasteiger partial charge < -0.3 is 272 Å². The smallest absolute Gasteiger partial charge is 2.00 e. The van der Waals surface area contributed by atoms with Crippen LogP contribution in [0.1, 0.15) is 0 Å². The molecule has 0 aromatic rings. The van der Waals surface area contributed by atoms with Crippen molar-refractivity contribution in [1.29, 1.82) is 0 Å². The molecule has 72 heteroatoms. The number of hydrogen-bond acceptors (Lipinski definition) is 0. The maximum Gasteiger partial charge on any atom is 4.00 e. The van der Waals surface area contributed by atoms with Crippen LogP contribution in [0.5, 0.6) is 0 Å². The Hall–Kier alpha value is 36.7. The van der Waals surface area contributed by atoms with Gasteiger partial charge in [-0.15, -0.1) is 0 Å². The number of rotatable bonds is 0. The zero-order valence-electron chi connectivity index (χ0n) is 38.7. The number of halogens is 6. The van der Waals surface area contributed by atoms with Crippen LogP contribution < -0.4 is 990 Å². The summed E-state index contributed by atoms with van der Waals surface area (Å²) in [4.78, 5) is 0. The monoisotopic (exact) mass is 3210 g/mol. The van der Waals surface area contributed by atoms with E-state index in [2.05, 4.69) is 0 Å². The summed E-state index contributed by atoms with van der Waals surface area (Å²) in [6, 6.07) is 0. The predicted molar refractivity (Wildman–Crippen MR) is 24.7 cm³/mol. The molecule has 15 radical (unpaired) electrons. The molecule has 0 rings (SSSR count). The predicted octanol–water partition coefficient (Wildman–Crippen LogP) is -67.2. The summed E-state index contributed by atoms with van der Waals surface area (Å²) >= 11 is 0. The molecule has 0 unspecified atom stereocenters. The minimum absolute atomic E-state index is 0. The first-order chi connectivity index (χ1) is 0. The summed E-state index contributed by atoms with van der Waals surface area (Å²) in [6.45, 7) is 0. The van der Waals surface area contributed by atoms with E-state index in [1.807, 2.05) is 0 Å². The molecule has 363 valence electrons. The zero-order chi connectivity index (χ0) is 0. The molecule has 0 aliphatic rings. The molecule has 0 bridgehead atoms. The van der Waals surface area contributed by atoms with E-state index in [1.54, 1.807) is 0 Å². The molecule has 0 aromatic heterocycles. The van der Waals surface area contributed by atoms with Gasteiger partial charge in [0, 0.05) is 55.7 Å². The Bertz CT molecular complexity index is 136. The average Bonchev–Trinajstić information content (AvgIpc) is 0. The van der Waals surface area contributed by atoms with Gasteiger partial charge in [0.2, 0.25) is 0 Å². The summed E-state index contributed by atoms with van der Waals surface area (Å²) < 4.78 is 0. The first kappa shape index (κ1) is 936. The van der Waals surface area contributed by atoms with E-state index in [1.165, 1.54) is 0 Å². The van der Waals surface area contributed by atoms with Gasteiger partial charge >= 0.3 is 1140 Å². The molecule has 0 N–H and O–H groups in total. The normalized spacial score (nSPS) is 0. The van der Waals surface area contributed by atoms with Crippen molar-refractivity contribution in [3.05, 3.63) is 0 Å². The van der Waals surface area contributed by atoms with Crippen LogP contribution in [-0.2, 0) is 475 Å². The largest absolute Gasteiger partial charge is 4.00 e. The molecule has 72 heavy (non-hydrogen) atoms. The molecule has 0 saturated carbocycles. The van der Waals surface area contributed by atoms with Gasteiger partial charge in [0.1, 0.15) is 0 Å². The standard InChI is InChI=1S/6ClH.12Cs.3Na.36O.15V/h6*1H;;;;;;;;;;;;;;;;;;;;;;;;;;;;;;;;;;;;;;;;;;;;;;;;;;;;;;;;;;;;;;;;;;/q;;;;;;15*+1;36*-2;;;;12*+4/p-6. The van der Waals surface area contributed by atoms with Crippen molar-refractivity contribution in [3.8, 4) is 0 Å². The average molecular weight is 3220 g/mol. The van der Waals surface area contributed by atoms with Crippen LogP contribution in [0.15, 0.2) is 0 Å². The maximum atomic E-state index is 0. The topological polar surface area (TPSA) is 1030 Å². The molecule has 36 nitrogen and oxygen atoms in total. The van der Waals surface area contributed by atoms with Crippen molar-refractivity contribution in [2.45, 2.75) is 0 Å². The zero-order valence-corrected chi connectivity index (χ0v) is 146. The fraction of sp³-hybridized carbons (Fsp3) is 0. The van der Waals surface area contributed by atoms with Crippen molar-refractivity contribution in [1.82, 2.24) is 0 Å². The third kappa shape index (κ3) is 885. The van der Waals surface area contributed by atoms with Crippen molar-refractivity contribution >= 4 is 0 Å². The molecule has 0 heterocycles. The molecule has 0 amide bonds.